The number of rotatable bonds is 6. The fourth-order valence-electron chi connectivity index (χ4n) is 1.86. The molecule has 0 fully saturated rings. The Balaban J connectivity index is 1.93. The quantitative estimate of drug-likeness (QED) is 0.854. The zero-order valence-corrected chi connectivity index (χ0v) is 12.6. The molecule has 0 saturated heterocycles. The van der Waals surface area contributed by atoms with Crippen LogP contribution in [0.1, 0.15) is 17.5 Å². The minimum atomic E-state index is 0.429. The van der Waals surface area contributed by atoms with E-state index in [-0.39, 0.29) is 0 Å². The van der Waals surface area contributed by atoms with Gasteiger partial charge in [-0.1, -0.05) is 41.4 Å². The molecule has 0 aliphatic heterocycles. The zero-order chi connectivity index (χ0) is 14.4. The fourth-order valence-corrected chi connectivity index (χ4v) is 2.32. The molecule has 0 bridgehead atoms. The lowest BCUT2D eigenvalue weighted by Crippen LogP contribution is -2.00. The first-order chi connectivity index (χ1) is 9.69. The highest BCUT2D eigenvalue weighted by Gasteiger charge is 2.02. The van der Waals surface area contributed by atoms with Gasteiger partial charge in [-0.25, -0.2) is 0 Å². The predicted octanol–water partition coefficient (Wildman–Crippen LogP) is 4.46. The maximum atomic E-state index is 6.10. The smallest absolute Gasteiger partial charge is 0.119 e. The second-order valence-corrected chi connectivity index (χ2v) is 5.40. The highest BCUT2D eigenvalue weighted by atomic mass is 35.5. The third-order valence-electron chi connectivity index (χ3n) is 3.00. The molecule has 0 atom stereocenters. The molecule has 2 aromatic carbocycles. The van der Waals surface area contributed by atoms with Gasteiger partial charge in [-0.15, -0.1) is 0 Å². The molecule has 106 valence electrons. The summed E-state index contributed by atoms with van der Waals surface area (Å²) in [7, 11) is 0. The number of hydrogen-bond donors (Lipinski definition) is 1. The van der Waals surface area contributed by atoms with Gasteiger partial charge >= 0.3 is 0 Å². The third-order valence-corrected chi connectivity index (χ3v) is 3.59. The van der Waals surface area contributed by atoms with E-state index in [2.05, 4.69) is 12.1 Å². The van der Waals surface area contributed by atoms with Crippen molar-refractivity contribution in [3.63, 3.8) is 0 Å². The summed E-state index contributed by atoms with van der Waals surface area (Å²) >= 11 is 12.0. The lowest BCUT2D eigenvalue weighted by atomic mass is 10.1. The molecule has 0 aliphatic carbocycles. The average Bonchev–Trinajstić information content (AvgIpc) is 2.45. The summed E-state index contributed by atoms with van der Waals surface area (Å²) in [5.74, 6) is 0.826. The summed E-state index contributed by atoms with van der Waals surface area (Å²) in [5.41, 5.74) is 7.69. The van der Waals surface area contributed by atoms with Crippen LogP contribution in [0.15, 0.2) is 42.5 Å². The SMILES string of the molecule is NCCCc1ccc(OCc2ccc(Cl)cc2Cl)cc1. The molecule has 4 heteroatoms. The molecular weight excluding hydrogens is 293 g/mol. The molecule has 0 heterocycles. The van der Waals surface area contributed by atoms with Crippen LogP contribution in [0, 0.1) is 0 Å². The first kappa shape index (κ1) is 15.2. The summed E-state index contributed by atoms with van der Waals surface area (Å²) in [6, 6.07) is 13.5. The van der Waals surface area contributed by atoms with Gasteiger partial charge in [0.2, 0.25) is 0 Å². The number of ether oxygens (including phenoxy) is 1. The van der Waals surface area contributed by atoms with Crippen molar-refractivity contribution >= 4 is 23.2 Å². The molecule has 0 amide bonds. The molecule has 0 unspecified atom stereocenters. The van der Waals surface area contributed by atoms with Gasteiger partial charge in [-0.2, -0.15) is 0 Å². The van der Waals surface area contributed by atoms with Gasteiger partial charge in [0.1, 0.15) is 12.4 Å². The zero-order valence-electron chi connectivity index (χ0n) is 11.1. The van der Waals surface area contributed by atoms with Crippen LogP contribution in [-0.4, -0.2) is 6.54 Å². The molecule has 0 aromatic heterocycles. The Morgan fingerprint density at radius 1 is 1.00 bits per heavy atom. The van der Waals surface area contributed by atoms with Crippen LogP contribution in [0.2, 0.25) is 10.0 Å². The van der Waals surface area contributed by atoms with Gasteiger partial charge in [0.25, 0.3) is 0 Å². The van der Waals surface area contributed by atoms with Gasteiger partial charge in [-0.05, 0) is 49.2 Å². The Kier molecular flexibility index (Phi) is 5.72. The van der Waals surface area contributed by atoms with Crippen LogP contribution in [-0.2, 0) is 13.0 Å². The number of aryl methyl sites for hydroxylation is 1. The largest absolute Gasteiger partial charge is 0.489 e. The Bertz CT molecular complexity index is 555. The van der Waals surface area contributed by atoms with Crippen LogP contribution in [0.4, 0.5) is 0 Å². The summed E-state index contributed by atoms with van der Waals surface area (Å²) in [6.45, 7) is 1.14. The molecule has 2 nitrogen and oxygen atoms in total. The van der Waals surface area contributed by atoms with E-state index < -0.39 is 0 Å². The topological polar surface area (TPSA) is 35.2 Å². The Morgan fingerprint density at radius 3 is 2.40 bits per heavy atom. The predicted molar refractivity (Wildman–Crippen MR) is 84.6 cm³/mol. The minimum Gasteiger partial charge on any atom is -0.489 e. The van der Waals surface area contributed by atoms with Crippen LogP contribution in [0.3, 0.4) is 0 Å². The third kappa shape index (κ3) is 4.41. The highest BCUT2D eigenvalue weighted by Crippen LogP contribution is 2.23. The maximum Gasteiger partial charge on any atom is 0.119 e. The fraction of sp³-hybridized carbons (Fsp3) is 0.250. The van der Waals surface area contributed by atoms with Gasteiger partial charge in [0, 0.05) is 15.6 Å². The first-order valence-corrected chi connectivity index (χ1v) is 7.30. The number of nitrogens with two attached hydrogens (primary N) is 1. The molecule has 2 N–H and O–H groups in total. The normalized spacial score (nSPS) is 10.6. The number of halogens is 2. The molecular formula is C16H17Cl2NO. The number of hydrogen-bond acceptors (Lipinski definition) is 2. The Morgan fingerprint density at radius 2 is 1.75 bits per heavy atom. The molecule has 2 rings (SSSR count). The van der Waals surface area contributed by atoms with Crippen molar-refractivity contribution in [3.05, 3.63) is 63.6 Å². The van der Waals surface area contributed by atoms with E-state index in [1.807, 2.05) is 24.3 Å². The molecule has 20 heavy (non-hydrogen) atoms. The maximum absolute atomic E-state index is 6.10. The van der Waals surface area contributed by atoms with E-state index in [9.17, 15) is 0 Å². The van der Waals surface area contributed by atoms with E-state index in [0.717, 1.165) is 24.2 Å². The van der Waals surface area contributed by atoms with Crippen molar-refractivity contribution < 1.29 is 4.74 Å². The van der Waals surface area contributed by atoms with Crippen LogP contribution < -0.4 is 10.5 Å². The van der Waals surface area contributed by atoms with Gasteiger partial charge in [-0.3, -0.25) is 0 Å². The van der Waals surface area contributed by atoms with E-state index in [4.69, 9.17) is 33.7 Å². The van der Waals surface area contributed by atoms with Crippen molar-refractivity contribution in [2.45, 2.75) is 19.4 Å². The van der Waals surface area contributed by atoms with Crippen LogP contribution >= 0.6 is 23.2 Å². The van der Waals surface area contributed by atoms with Crippen molar-refractivity contribution in [3.8, 4) is 5.75 Å². The van der Waals surface area contributed by atoms with E-state index in [1.165, 1.54) is 5.56 Å². The lowest BCUT2D eigenvalue weighted by Gasteiger charge is -2.09. The van der Waals surface area contributed by atoms with E-state index in [1.54, 1.807) is 6.07 Å². The second-order valence-electron chi connectivity index (χ2n) is 4.56. The minimum absolute atomic E-state index is 0.429. The van der Waals surface area contributed by atoms with Crippen molar-refractivity contribution in [1.82, 2.24) is 0 Å². The van der Waals surface area contributed by atoms with Crippen LogP contribution in [0.5, 0.6) is 5.75 Å². The lowest BCUT2D eigenvalue weighted by molar-refractivity contribution is 0.306. The summed E-state index contributed by atoms with van der Waals surface area (Å²) in [6.07, 6.45) is 2.00. The molecule has 2 aromatic rings. The van der Waals surface area contributed by atoms with Crippen molar-refractivity contribution in [2.75, 3.05) is 6.54 Å². The highest BCUT2D eigenvalue weighted by molar-refractivity contribution is 6.35. The van der Waals surface area contributed by atoms with Gasteiger partial charge in [0.15, 0.2) is 0 Å². The average molecular weight is 310 g/mol. The summed E-state index contributed by atoms with van der Waals surface area (Å²) in [5, 5.41) is 1.25. The first-order valence-electron chi connectivity index (χ1n) is 6.55. The van der Waals surface area contributed by atoms with Crippen molar-refractivity contribution in [2.24, 2.45) is 5.73 Å². The summed E-state index contributed by atoms with van der Waals surface area (Å²) < 4.78 is 5.72. The van der Waals surface area contributed by atoms with Gasteiger partial charge < -0.3 is 10.5 Å². The van der Waals surface area contributed by atoms with Crippen LogP contribution in [0.25, 0.3) is 0 Å². The van der Waals surface area contributed by atoms with E-state index >= 15 is 0 Å². The van der Waals surface area contributed by atoms with Crippen molar-refractivity contribution in [1.29, 1.82) is 0 Å². The van der Waals surface area contributed by atoms with Gasteiger partial charge in [0.05, 0.1) is 0 Å². The Hall–Kier alpha value is -1.22. The summed E-state index contributed by atoms with van der Waals surface area (Å²) in [4.78, 5) is 0. The standard InChI is InChI=1S/C16H17Cl2NO/c17-14-6-5-13(16(18)10-14)11-20-15-7-3-12(4-8-15)2-1-9-19/h3-8,10H,1-2,9,11,19H2. The molecule has 0 spiro atoms. The molecule has 0 radical (unpaired) electrons. The Labute approximate surface area is 129 Å². The molecule has 0 saturated carbocycles. The monoisotopic (exact) mass is 309 g/mol. The number of benzene rings is 2. The van der Waals surface area contributed by atoms with E-state index in [0.29, 0.717) is 23.2 Å². The second kappa shape index (κ2) is 7.53. The molecule has 0 aliphatic rings.